The van der Waals surface area contributed by atoms with Gasteiger partial charge in [0.15, 0.2) is 0 Å². The van der Waals surface area contributed by atoms with Crippen LogP contribution < -0.4 is 10.2 Å². The van der Waals surface area contributed by atoms with Crippen molar-refractivity contribution in [1.29, 1.82) is 0 Å². The molecule has 0 aliphatic carbocycles. The Balaban J connectivity index is 2.06. The van der Waals surface area contributed by atoms with Crippen molar-refractivity contribution in [2.24, 2.45) is 0 Å². The highest BCUT2D eigenvalue weighted by Gasteiger charge is 2.01. The Morgan fingerprint density at radius 3 is 2.65 bits per heavy atom. The summed E-state index contributed by atoms with van der Waals surface area (Å²) >= 11 is 0. The van der Waals surface area contributed by atoms with Gasteiger partial charge in [-0.25, -0.2) is 0 Å². The fourth-order valence-electron chi connectivity index (χ4n) is 1.71. The number of furan rings is 1. The number of benzene rings is 1. The maximum atomic E-state index is 5.04. The first-order chi connectivity index (χ1) is 8.16. The topological polar surface area (TPSA) is 28.4 Å². The molecule has 0 spiro atoms. The van der Waals surface area contributed by atoms with Gasteiger partial charge in [-0.3, -0.25) is 0 Å². The summed E-state index contributed by atoms with van der Waals surface area (Å²) in [7, 11) is 4.10. The summed E-state index contributed by atoms with van der Waals surface area (Å²) in [6.45, 7) is 2.91. The van der Waals surface area contributed by atoms with Crippen LogP contribution in [0.4, 0.5) is 11.4 Å². The SMILES string of the molecule is Cc1cc(N(C)C)ccc1NCc1ccoc1. The zero-order chi connectivity index (χ0) is 12.3. The smallest absolute Gasteiger partial charge is 0.0952 e. The standard InChI is InChI=1S/C14H18N2O/c1-11-8-13(16(2)3)4-5-14(11)15-9-12-6-7-17-10-12/h4-8,10,15H,9H2,1-3H3. The fourth-order valence-corrected chi connectivity index (χ4v) is 1.71. The van der Waals surface area contributed by atoms with Crippen LogP contribution in [-0.4, -0.2) is 14.1 Å². The first kappa shape index (κ1) is 11.6. The number of nitrogens with one attached hydrogen (secondary N) is 1. The Labute approximate surface area is 102 Å². The molecule has 17 heavy (non-hydrogen) atoms. The van der Waals surface area contributed by atoms with Crippen LogP contribution >= 0.6 is 0 Å². The molecule has 1 aromatic heterocycles. The van der Waals surface area contributed by atoms with E-state index in [1.54, 1.807) is 12.5 Å². The second kappa shape index (κ2) is 4.95. The maximum Gasteiger partial charge on any atom is 0.0952 e. The van der Waals surface area contributed by atoms with Crippen LogP contribution in [0, 0.1) is 6.92 Å². The minimum Gasteiger partial charge on any atom is -0.472 e. The third-order valence-corrected chi connectivity index (χ3v) is 2.79. The summed E-state index contributed by atoms with van der Waals surface area (Å²) in [5.74, 6) is 0. The van der Waals surface area contributed by atoms with Crippen LogP contribution in [-0.2, 0) is 6.54 Å². The molecule has 2 aromatic rings. The Morgan fingerprint density at radius 1 is 1.24 bits per heavy atom. The van der Waals surface area contributed by atoms with Crippen molar-refractivity contribution < 1.29 is 4.42 Å². The molecule has 0 unspecified atom stereocenters. The predicted molar refractivity (Wildman–Crippen MR) is 71.5 cm³/mol. The summed E-state index contributed by atoms with van der Waals surface area (Å²) in [6.07, 6.45) is 3.45. The van der Waals surface area contributed by atoms with Crippen molar-refractivity contribution in [3.63, 3.8) is 0 Å². The van der Waals surface area contributed by atoms with E-state index in [1.807, 2.05) is 20.2 Å². The van der Waals surface area contributed by atoms with Gasteiger partial charge in [-0.15, -0.1) is 0 Å². The van der Waals surface area contributed by atoms with Gasteiger partial charge in [0.05, 0.1) is 12.5 Å². The lowest BCUT2D eigenvalue weighted by atomic mass is 10.1. The van der Waals surface area contributed by atoms with Gasteiger partial charge in [0.25, 0.3) is 0 Å². The summed E-state index contributed by atoms with van der Waals surface area (Å²) < 4.78 is 5.04. The summed E-state index contributed by atoms with van der Waals surface area (Å²) in [5.41, 5.74) is 4.79. The van der Waals surface area contributed by atoms with Gasteiger partial charge in [0.2, 0.25) is 0 Å². The van der Waals surface area contributed by atoms with Crippen LogP contribution in [0.15, 0.2) is 41.2 Å². The van der Waals surface area contributed by atoms with E-state index in [-0.39, 0.29) is 0 Å². The lowest BCUT2D eigenvalue weighted by Gasteiger charge is -2.15. The van der Waals surface area contributed by atoms with Crippen LogP contribution in [0.1, 0.15) is 11.1 Å². The van der Waals surface area contributed by atoms with E-state index in [0.29, 0.717) is 0 Å². The molecular weight excluding hydrogens is 212 g/mol. The zero-order valence-electron chi connectivity index (χ0n) is 10.5. The first-order valence-corrected chi connectivity index (χ1v) is 5.70. The molecule has 0 radical (unpaired) electrons. The van der Waals surface area contributed by atoms with E-state index >= 15 is 0 Å². The molecule has 3 heteroatoms. The number of hydrogen-bond acceptors (Lipinski definition) is 3. The van der Waals surface area contributed by atoms with E-state index in [9.17, 15) is 0 Å². The molecular formula is C14H18N2O. The van der Waals surface area contributed by atoms with Gasteiger partial charge in [0.1, 0.15) is 0 Å². The largest absolute Gasteiger partial charge is 0.472 e. The molecule has 0 fully saturated rings. The van der Waals surface area contributed by atoms with E-state index in [2.05, 4.69) is 35.3 Å². The molecule has 0 aliphatic rings. The quantitative estimate of drug-likeness (QED) is 0.873. The lowest BCUT2D eigenvalue weighted by Crippen LogP contribution is -2.09. The highest BCUT2D eigenvalue weighted by atomic mass is 16.3. The minimum absolute atomic E-state index is 0.790. The van der Waals surface area contributed by atoms with E-state index in [0.717, 1.165) is 17.8 Å². The third kappa shape index (κ3) is 2.81. The summed E-state index contributed by atoms with van der Waals surface area (Å²) in [5, 5.41) is 3.40. The van der Waals surface area contributed by atoms with Gasteiger partial charge >= 0.3 is 0 Å². The predicted octanol–water partition coefficient (Wildman–Crippen LogP) is 3.27. The van der Waals surface area contributed by atoms with Crippen LogP contribution in [0.25, 0.3) is 0 Å². The van der Waals surface area contributed by atoms with Crippen molar-refractivity contribution in [1.82, 2.24) is 0 Å². The molecule has 3 nitrogen and oxygen atoms in total. The van der Waals surface area contributed by atoms with E-state index in [1.165, 1.54) is 11.3 Å². The Bertz CT molecular complexity index is 475. The van der Waals surface area contributed by atoms with Crippen LogP contribution in [0.3, 0.4) is 0 Å². The molecule has 1 aromatic carbocycles. The molecule has 0 aliphatic heterocycles. The minimum atomic E-state index is 0.790. The van der Waals surface area contributed by atoms with Gasteiger partial charge in [-0.2, -0.15) is 0 Å². The number of nitrogens with zero attached hydrogens (tertiary/aromatic N) is 1. The number of hydrogen-bond donors (Lipinski definition) is 1. The molecule has 0 amide bonds. The maximum absolute atomic E-state index is 5.04. The molecule has 0 saturated heterocycles. The van der Waals surface area contributed by atoms with Crippen molar-refractivity contribution in [3.05, 3.63) is 47.9 Å². The van der Waals surface area contributed by atoms with Gasteiger partial charge < -0.3 is 14.6 Å². The highest BCUT2D eigenvalue weighted by Crippen LogP contribution is 2.21. The van der Waals surface area contributed by atoms with Gasteiger partial charge in [-0.05, 0) is 36.8 Å². The summed E-state index contributed by atoms with van der Waals surface area (Å²) in [4.78, 5) is 2.10. The Hall–Kier alpha value is -1.90. The molecule has 1 heterocycles. The van der Waals surface area contributed by atoms with Crippen LogP contribution in [0.5, 0.6) is 0 Å². The molecule has 90 valence electrons. The second-order valence-electron chi connectivity index (χ2n) is 4.38. The number of rotatable bonds is 4. The average molecular weight is 230 g/mol. The summed E-state index contributed by atoms with van der Waals surface area (Å²) in [6, 6.07) is 8.38. The normalized spacial score (nSPS) is 10.3. The Kier molecular flexibility index (Phi) is 3.38. The lowest BCUT2D eigenvalue weighted by molar-refractivity contribution is 0.564. The third-order valence-electron chi connectivity index (χ3n) is 2.79. The monoisotopic (exact) mass is 230 g/mol. The fraction of sp³-hybridized carbons (Fsp3) is 0.286. The van der Waals surface area contributed by atoms with Crippen molar-refractivity contribution in [2.75, 3.05) is 24.3 Å². The average Bonchev–Trinajstić information content (AvgIpc) is 2.80. The molecule has 0 atom stereocenters. The number of anilines is 2. The molecule has 0 bridgehead atoms. The first-order valence-electron chi connectivity index (χ1n) is 5.70. The Morgan fingerprint density at radius 2 is 2.06 bits per heavy atom. The van der Waals surface area contributed by atoms with E-state index < -0.39 is 0 Å². The van der Waals surface area contributed by atoms with E-state index in [4.69, 9.17) is 4.42 Å². The zero-order valence-corrected chi connectivity index (χ0v) is 10.5. The molecule has 2 rings (SSSR count). The second-order valence-corrected chi connectivity index (χ2v) is 4.38. The molecule has 0 saturated carbocycles. The van der Waals surface area contributed by atoms with Gasteiger partial charge in [-0.1, -0.05) is 0 Å². The molecule has 1 N–H and O–H groups in total. The van der Waals surface area contributed by atoms with Crippen LogP contribution in [0.2, 0.25) is 0 Å². The number of aryl methyl sites for hydroxylation is 1. The van der Waals surface area contributed by atoms with Crippen molar-refractivity contribution in [3.8, 4) is 0 Å². The van der Waals surface area contributed by atoms with Crippen molar-refractivity contribution in [2.45, 2.75) is 13.5 Å². The highest BCUT2D eigenvalue weighted by molar-refractivity contribution is 5.59. The van der Waals surface area contributed by atoms with Gasteiger partial charge in [0, 0.05) is 37.6 Å². The van der Waals surface area contributed by atoms with Crippen molar-refractivity contribution >= 4 is 11.4 Å².